The van der Waals surface area contributed by atoms with Crippen molar-refractivity contribution in [2.75, 3.05) is 13.7 Å². The molecule has 1 heterocycles. The second-order valence-electron chi connectivity index (χ2n) is 5.39. The number of rotatable bonds is 4. The van der Waals surface area contributed by atoms with Gasteiger partial charge in [0.2, 0.25) is 10.0 Å². The van der Waals surface area contributed by atoms with Crippen LogP contribution in [0.3, 0.4) is 0 Å². The highest BCUT2D eigenvalue weighted by Gasteiger charge is 2.30. The quantitative estimate of drug-likeness (QED) is 0.914. The van der Waals surface area contributed by atoms with Gasteiger partial charge in [0, 0.05) is 18.7 Å². The number of hydrogen-bond donors (Lipinski definition) is 1. The zero-order chi connectivity index (χ0) is 14.9. The smallest absolute Gasteiger partial charge is 0.238 e. The van der Waals surface area contributed by atoms with Gasteiger partial charge in [0.05, 0.1) is 11.0 Å². The van der Waals surface area contributed by atoms with Crippen LogP contribution in [-0.4, -0.2) is 39.1 Å². The molecule has 2 N–H and O–H groups in total. The average molecular weight is 298 g/mol. The van der Waals surface area contributed by atoms with E-state index in [4.69, 9.17) is 9.88 Å². The third-order valence-electron chi connectivity index (χ3n) is 4.16. The molecule has 20 heavy (non-hydrogen) atoms. The first-order chi connectivity index (χ1) is 9.30. The van der Waals surface area contributed by atoms with Gasteiger partial charge < -0.3 is 4.74 Å². The number of benzene rings is 1. The summed E-state index contributed by atoms with van der Waals surface area (Å²) >= 11 is 0. The van der Waals surface area contributed by atoms with Crippen LogP contribution in [0.1, 0.15) is 31.9 Å². The van der Waals surface area contributed by atoms with Crippen LogP contribution in [0.5, 0.6) is 0 Å². The van der Waals surface area contributed by atoms with Crippen molar-refractivity contribution in [3.63, 3.8) is 0 Å². The Hall–Kier alpha value is -0.950. The zero-order valence-electron chi connectivity index (χ0n) is 12.1. The van der Waals surface area contributed by atoms with Crippen molar-refractivity contribution in [3.05, 3.63) is 29.8 Å². The Kier molecular flexibility index (Phi) is 4.49. The Morgan fingerprint density at radius 1 is 1.35 bits per heavy atom. The van der Waals surface area contributed by atoms with Crippen molar-refractivity contribution in [3.8, 4) is 0 Å². The van der Waals surface area contributed by atoms with Crippen LogP contribution < -0.4 is 5.14 Å². The summed E-state index contributed by atoms with van der Waals surface area (Å²) < 4.78 is 28.1. The molecule has 1 fully saturated rings. The van der Waals surface area contributed by atoms with E-state index in [1.807, 2.05) is 12.1 Å². The maximum atomic E-state index is 11.3. The fourth-order valence-corrected chi connectivity index (χ4v) is 3.23. The van der Waals surface area contributed by atoms with Crippen molar-refractivity contribution in [1.82, 2.24) is 4.90 Å². The van der Waals surface area contributed by atoms with Crippen LogP contribution >= 0.6 is 0 Å². The van der Waals surface area contributed by atoms with Gasteiger partial charge in [-0.1, -0.05) is 12.1 Å². The SMILES string of the molecule is CC1OCCC1N(C)C(C)c1ccc(S(N)(=O)=O)cc1. The fourth-order valence-electron chi connectivity index (χ4n) is 2.71. The van der Waals surface area contributed by atoms with Gasteiger partial charge in [-0.15, -0.1) is 0 Å². The standard InChI is InChI=1S/C14H22N2O3S/c1-10(16(3)14-8-9-19-11(14)2)12-4-6-13(7-5-12)20(15,17)18/h4-7,10-11,14H,8-9H2,1-3H3,(H2,15,17,18). The molecule has 0 aromatic heterocycles. The van der Waals surface area contributed by atoms with Crippen molar-refractivity contribution in [1.29, 1.82) is 0 Å². The summed E-state index contributed by atoms with van der Waals surface area (Å²) in [5.74, 6) is 0. The first kappa shape index (κ1) is 15.4. The van der Waals surface area contributed by atoms with Crippen LogP contribution in [0, 0.1) is 0 Å². The normalized spacial score (nSPS) is 25.1. The highest BCUT2D eigenvalue weighted by molar-refractivity contribution is 7.89. The summed E-state index contributed by atoms with van der Waals surface area (Å²) in [6, 6.07) is 7.34. The van der Waals surface area contributed by atoms with Gasteiger partial charge in [-0.05, 0) is 45.0 Å². The minimum Gasteiger partial charge on any atom is -0.377 e. The van der Waals surface area contributed by atoms with Crippen LogP contribution in [0.2, 0.25) is 0 Å². The minimum atomic E-state index is -3.62. The summed E-state index contributed by atoms with van der Waals surface area (Å²) in [5.41, 5.74) is 1.07. The number of likely N-dealkylation sites (N-methyl/N-ethyl adjacent to an activating group) is 1. The lowest BCUT2D eigenvalue weighted by atomic mass is 10.0. The lowest BCUT2D eigenvalue weighted by molar-refractivity contribution is 0.0704. The highest BCUT2D eigenvalue weighted by Crippen LogP contribution is 2.27. The molecule has 0 radical (unpaired) electrons. The van der Waals surface area contributed by atoms with Crippen LogP contribution in [0.15, 0.2) is 29.2 Å². The first-order valence-electron chi connectivity index (χ1n) is 6.77. The number of hydrogen-bond acceptors (Lipinski definition) is 4. The van der Waals surface area contributed by atoms with Crippen molar-refractivity contribution >= 4 is 10.0 Å². The highest BCUT2D eigenvalue weighted by atomic mass is 32.2. The maximum Gasteiger partial charge on any atom is 0.238 e. The molecule has 0 saturated carbocycles. The molecule has 3 unspecified atom stereocenters. The van der Waals surface area contributed by atoms with Crippen molar-refractivity contribution in [2.45, 2.75) is 43.4 Å². The van der Waals surface area contributed by atoms with E-state index in [0.717, 1.165) is 18.6 Å². The first-order valence-corrected chi connectivity index (χ1v) is 8.31. The summed E-state index contributed by atoms with van der Waals surface area (Å²) in [6.07, 6.45) is 1.25. The predicted molar refractivity (Wildman–Crippen MR) is 77.8 cm³/mol. The number of nitrogens with zero attached hydrogens (tertiary/aromatic N) is 1. The molecular weight excluding hydrogens is 276 g/mol. The number of sulfonamides is 1. The molecule has 2 rings (SSSR count). The summed E-state index contributed by atoms with van der Waals surface area (Å²) in [7, 11) is -1.55. The van der Waals surface area contributed by atoms with Gasteiger partial charge in [0.15, 0.2) is 0 Å². The van der Waals surface area contributed by atoms with Crippen LogP contribution in [0.25, 0.3) is 0 Å². The minimum absolute atomic E-state index is 0.147. The Morgan fingerprint density at radius 2 is 1.95 bits per heavy atom. The fraction of sp³-hybridized carbons (Fsp3) is 0.571. The molecule has 0 aliphatic carbocycles. The average Bonchev–Trinajstić information content (AvgIpc) is 2.82. The number of primary sulfonamides is 1. The number of nitrogens with two attached hydrogens (primary N) is 1. The van der Waals surface area contributed by atoms with Crippen molar-refractivity contribution < 1.29 is 13.2 Å². The molecule has 112 valence electrons. The van der Waals surface area contributed by atoms with E-state index in [2.05, 4.69) is 25.8 Å². The van der Waals surface area contributed by atoms with E-state index in [0.29, 0.717) is 6.04 Å². The van der Waals surface area contributed by atoms with Gasteiger partial charge in [-0.25, -0.2) is 13.6 Å². The Labute approximate surface area is 120 Å². The van der Waals surface area contributed by atoms with Gasteiger partial charge >= 0.3 is 0 Å². The molecule has 0 bridgehead atoms. The molecule has 3 atom stereocenters. The number of ether oxygens (including phenoxy) is 1. The Bertz CT molecular complexity index is 556. The topological polar surface area (TPSA) is 72.6 Å². The second-order valence-corrected chi connectivity index (χ2v) is 6.95. The van der Waals surface area contributed by atoms with Gasteiger partial charge in [0.1, 0.15) is 0 Å². The van der Waals surface area contributed by atoms with E-state index in [1.54, 1.807) is 12.1 Å². The van der Waals surface area contributed by atoms with Crippen LogP contribution in [0.4, 0.5) is 0 Å². The summed E-state index contributed by atoms with van der Waals surface area (Å²) in [6.45, 7) is 5.00. The van der Waals surface area contributed by atoms with E-state index in [9.17, 15) is 8.42 Å². The van der Waals surface area contributed by atoms with Gasteiger partial charge in [-0.3, -0.25) is 4.90 Å². The molecular formula is C14H22N2O3S. The molecule has 1 aliphatic rings. The molecule has 1 aliphatic heterocycles. The van der Waals surface area contributed by atoms with Crippen LogP contribution in [-0.2, 0) is 14.8 Å². The van der Waals surface area contributed by atoms with E-state index in [-0.39, 0.29) is 17.0 Å². The maximum absolute atomic E-state index is 11.3. The zero-order valence-corrected chi connectivity index (χ0v) is 12.9. The van der Waals surface area contributed by atoms with Crippen molar-refractivity contribution in [2.24, 2.45) is 5.14 Å². The molecule has 1 saturated heterocycles. The molecule has 0 spiro atoms. The van der Waals surface area contributed by atoms with E-state index in [1.165, 1.54) is 0 Å². The molecule has 6 heteroatoms. The predicted octanol–water partition coefficient (Wildman–Crippen LogP) is 1.50. The summed E-state index contributed by atoms with van der Waals surface area (Å²) in [4.78, 5) is 2.43. The molecule has 0 amide bonds. The Morgan fingerprint density at radius 3 is 2.40 bits per heavy atom. The van der Waals surface area contributed by atoms with Gasteiger partial charge in [0.25, 0.3) is 0 Å². The van der Waals surface area contributed by atoms with E-state index >= 15 is 0 Å². The second kappa shape index (κ2) is 5.81. The molecule has 1 aromatic carbocycles. The molecule has 1 aromatic rings. The third kappa shape index (κ3) is 3.20. The molecule has 5 nitrogen and oxygen atoms in total. The largest absolute Gasteiger partial charge is 0.377 e. The van der Waals surface area contributed by atoms with E-state index < -0.39 is 10.0 Å². The monoisotopic (exact) mass is 298 g/mol. The third-order valence-corrected chi connectivity index (χ3v) is 5.09. The lowest BCUT2D eigenvalue weighted by Gasteiger charge is -2.32. The lowest BCUT2D eigenvalue weighted by Crippen LogP contribution is -2.38. The Balaban J connectivity index is 2.14. The summed E-state index contributed by atoms with van der Waals surface area (Å²) in [5, 5.41) is 5.11. The van der Waals surface area contributed by atoms with Gasteiger partial charge in [-0.2, -0.15) is 0 Å².